The molecule has 0 aromatic heterocycles. The second-order valence-corrected chi connectivity index (χ2v) is 4.96. The van der Waals surface area contributed by atoms with Crippen molar-refractivity contribution in [3.63, 3.8) is 0 Å². The Kier molecular flexibility index (Phi) is 21.4. The van der Waals surface area contributed by atoms with Crippen molar-refractivity contribution in [1.29, 1.82) is 0 Å². The number of esters is 1. The van der Waals surface area contributed by atoms with E-state index in [1.54, 1.807) is 0 Å². The second-order valence-electron chi connectivity index (χ2n) is 4.96. The average molecular weight is 478 g/mol. The van der Waals surface area contributed by atoms with E-state index in [9.17, 15) is 44.1 Å². The van der Waals surface area contributed by atoms with E-state index in [2.05, 4.69) is 4.74 Å². The van der Waals surface area contributed by atoms with Crippen LogP contribution in [0.4, 0.5) is 0 Å². The first-order valence-corrected chi connectivity index (χ1v) is 6.26. The summed E-state index contributed by atoms with van der Waals surface area (Å²) in [4.78, 5) is 65.6. The van der Waals surface area contributed by atoms with E-state index in [1.165, 1.54) is 0 Å². The Hall–Kier alpha value is -0.781. The van der Waals surface area contributed by atoms with Gasteiger partial charge in [0.2, 0.25) is 5.60 Å². The molecule has 6 N–H and O–H groups in total. The number of carbonyl (C=O) groups excluding carboxylic acids is 3. The molecule has 0 aliphatic rings. The van der Waals surface area contributed by atoms with Crippen molar-refractivity contribution < 1.29 is 75.1 Å². The van der Waals surface area contributed by atoms with Gasteiger partial charge in [-0.15, -0.1) is 0 Å². The van der Waals surface area contributed by atoms with Crippen molar-refractivity contribution in [2.24, 2.45) is 0 Å². The number of ether oxygens (including phenoxy) is 1. The number of hydrogen-bond acceptors (Lipinski definition) is 12. The van der Waals surface area contributed by atoms with E-state index in [0.717, 1.165) is 0 Å². The Morgan fingerprint density at radius 3 is 1.38 bits per heavy atom. The minimum atomic E-state index is -3.34. The van der Waals surface area contributed by atoms with Crippen LogP contribution < -0.4 is 10.2 Å². The molecule has 0 fully saturated rings. The van der Waals surface area contributed by atoms with Gasteiger partial charge in [-0.25, -0.2) is 4.79 Å². The van der Waals surface area contributed by atoms with E-state index in [-0.39, 0.29) is 86.4 Å². The predicted molar refractivity (Wildman–Crippen MR) is 80.5 cm³/mol. The molecule has 1 atom stereocenters. The SMILES string of the molecule is O=C([O-])CC(O)(CC(=O)OC(CC(=O)O)(CC(=O)O)C(=O)O)C(=O)[O-].[Ca+2].[Ca+2].[OH-].[OH-]. The van der Waals surface area contributed by atoms with Crippen LogP contribution in [0.2, 0.25) is 0 Å². The van der Waals surface area contributed by atoms with Crippen molar-refractivity contribution in [1.82, 2.24) is 0 Å². The maximum atomic E-state index is 11.7. The van der Waals surface area contributed by atoms with E-state index in [1.807, 2.05) is 0 Å². The normalized spacial score (nSPS) is 11.5. The van der Waals surface area contributed by atoms with Crippen LogP contribution in [0.3, 0.4) is 0 Å². The minimum absolute atomic E-state index is 0. The summed E-state index contributed by atoms with van der Waals surface area (Å²) in [6.45, 7) is 0. The summed E-state index contributed by atoms with van der Waals surface area (Å²) in [5.74, 6) is -12.3. The van der Waals surface area contributed by atoms with Gasteiger partial charge in [0.1, 0.15) is 5.60 Å². The van der Waals surface area contributed by atoms with Crippen LogP contribution in [-0.4, -0.2) is 154 Å². The van der Waals surface area contributed by atoms with Gasteiger partial charge in [-0.3, -0.25) is 14.4 Å². The molecule has 29 heavy (non-hydrogen) atoms. The molecule has 156 valence electrons. The van der Waals surface area contributed by atoms with Gasteiger partial charge in [0.05, 0.1) is 25.2 Å². The monoisotopic (exact) mass is 478 g/mol. The molecular weight excluding hydrogens is 464 g/mol. The van der Waals surface area contributed by atoms with Gasteiger partial charge in [0, 0.05) is 12.4 Å². The number of rotatable bonds is 11. The smallest absolute Gasteiger partial charge is 0.870 e. The summed E-state index contributed by atoms with van der Waals surface area (Å²) in [5, 5.41) is 57.1. The van der Waals surface area contributed by atoms with Crippen molar-refractivity contribution in [3.05, 3.63) is 0 Å². The fourth-order valence-corrected chi connectivity index (χ4v) is 1.76. The largest absolute Gasteiger partial charge is 2.00 e. The molecule has 0 saturated carbocycles. The fraction of sp³-hybridized carbons (Fsp3) is 0.500. The van der Waals surface area contributed by atoms with Gasteiger partial charge < -0.3 is 55.9 Å². The summed E-state index contributed by atoms with van der Waals surface area (Å²) in [7, 11) is 0. The molecule has 0 aromatic rings. The Labute approximate surface area is 221 Å². The van der Waals surface area contributed by atoms with Crippen molar-refractivity contribution in [2.45, 2.75) is 36.9 Å². The molecule has 0 spiro atoms. The van der Waals surface area contributed by atoms with Gasteiger partial charge in [0.25, 0.3) is 0 Å². The Bertz CT molecular complexity index is 602. The molecule has 0 heterocycles. The number of carboxylic acids is 5. The standard InChI is InChI=1S/C12H14O13.2Ca.2H2O/c13-5(14)1-11(24,9(20)21)4-8(19)25-12(10(22)23,2-6(15)16)3-7(17)18;;;;/h24H,1-4H2,(H,13,14)(H,15,16)(H,17,18)(H,20,21)(H,22,23);;;2*1H2/q;2*+2;;/p-4. The van der Waals surface area contributed by atoms with Gasteiger partial charge >= 0.3 is 99.4 Å². The molecule has 15 nitrogen and oxygen atoms in total. The van der Waals surface area contributed by atoms with E-state index in [4.69, 9.17) is 15.3 Å². The van der Waals surface area contributed by atoms with Crippen molar-refractivity contribution in [2.75, 3.05) is 0 Å². The molecule has 0 bridgehead atoms. The molecular formula is C12H14Ca2O15. The number of aliphatic hydroxyl groups is 1. The Morgan fingerprint density at radius 2 is 1.14 bits per heavy atom. The number of hydrogen-bond donors (Lipinski definition) is 4. The summed E-state index contributed by atoms with van der Waals surface area (Å²) in [5.41, 5.74) is -6.45. The third-order valence-corrected chi connectivity index (χ3v) is 2.83. The van der Waals surface area contributed by atoms with Gasteiger partial charge in [-0.05, 0) is 0 Å². The maximum absolute atomic E-state index is 11.7. The van der Waals surface area contributed by atoms with Crippen LogP contribution in [0.5, 0.6) is 0 Å². The molecule has 1 unspecified atom stereocenters. The quantitative estimate of drug-likeness (QED) is 0.159. The van der Waals surface area contributed by atoms with Gasteiger partial charge in [-0.1, -0.05) is 0 Å². The average Bonchev–Trinajstić information content (AvgIpc) is 2.34. The fourth-order valence-electron chi connectivity index (χ4n) is 1.76. The van der Waals surface area contributed by atoms with Crippen LogP contribution in [0, 0.1) is 0 Å². The minimum Gasteiger partial charge on any atom is -0.870 e. The Morgan fingerprint density at radius 1 is 0.759 bits per heavy atom. The van der Waals surface area contributed by atoms with Crippen LogP contribution in [0.25, 0.3) is 0 Å². The number of aliphatic carboxylic acids is 5. The molecule has 0 amide bonds. The van der Waals surface area contributed by atoms with Crippen LogP contribution in [-0.2, 0) is 33.5 Å². The van der Waals surface area contributed by atoms with Gasteiger partial charge in [-0.2, -0.15) is 0 Å². The third-order valence-electron chi connectivity index (χ3n) is 2.83. The first kappa shape index (κ1) is 38.8. The summed E-state index contributed by atoms with van der Waals surface area (Å²) in [6.07, 6.45) is -6.27. The molecule has 0 aromatic carbocycles. The van der Waals surface area contributed by atoms with E-state index in [0.29, 0.717) is 0 Å². The van der Waals surface area contributed by atoms with E-state index >= 15 is 0 Å². The zero-order valence-electron chi connectivity index (χ0n) is 14.6. The number of carbonyl (C=O) groups is 6. The van der Waals surface area contributed by atoms with Crippen molar-refractivity contribution in [3.8, 4) is 0 Å². The predicted octanol–water partition coefficient (Wildman–Crippen LogP) is -5.80. The van der Waals surface area contributed by atoms with E-state index < -0.39 is 72.7 Å². The zero-order valence-corrected chi connectivity index (χ0v) is 19.0. The first-order valence-electron chi connectivity index (χ1n) is 6.26. The second kappa shape index (κ2) is 16.0. The molecule has 0 radical (unpaired) electrons. The van der Waals surface area contributed by atoms with Gasteiger partial charge in [0.15, 0.2) is 0 Å². The maximum Gasteiger partial charge on any atom is 2.00 e. The topological polar surface area (TPSA) is 299 Å². The molecule has 0 aliphatic carbocycles. The molecule has 0 saturated heterocycles. The first-order chi connectivity index (χ1) is 11.2. The summed E-state index contributed by atoms with van der Waals surface area (Å²) >= 11 is 0. The molecule has 17 heteroatoms. The summed E-state index contributed by atoms with van der Waals surface area (Å²) < 4.78 is 4.28. The van der Waals surface area contributed by atoms with Crippen molar-refractivity contribution >= 4 is 111 Å². The van der Waals surface area contributed by atoms with Crippen LogP contribution in [0.15, 0.2) is 0 Å². The van der Waals surface area contributed by atoms with Crippen LogP contribution in [0.1, 0.15) is 25.7 Å². The zero-order chi connectivity index (χ0) is 20.0. The third kappa shape index (κ3) is 13.2. The molecule has 0 aliphatic heterocycles. The molecule has 0 rings (SSSR count). The Balaban J connectivity index is -0.000000480. The number of carboxylic acid groups (broad SMARTS) is 5. The summed E-state index contributed by atoms with van der Waals surface area (Å²) in [6, 6.07) is 0. The van der Waals surface area contributed by atoms with Crippen LogP contribution >= 0.6 is 0 Å².